The highest BCUT2D eigenvalue weighted by Gasteiger charge is 2.13. The monoisotopic (exact) mass is 276 g/mol. The van der Waals surface area contributed by atoms with Gasteiger partial charge in [-0.15, -0.1) is 0 Å². The predicted octanol–water partition coefficient (Wildman–Crippen LogP) is 0.448. The lowest BCUT2D eigenvalue weighted by molar-refractivity contribution is -0.131. The minimum absolute atomic E-state index is 0.342. The molecule has 0 saturated heterocycles. The predicted molar refractivity (Wildman–Crippen MR) is 72.7 cm³/mol. The number of hydrogen-bond donors (Lipinski definition) is 3. The maximum atomic E-state index is 11.7. The van der Waals surface area contributed by atoms with Crippen molar-refractivity contribution in [3.63, 3.8) is 0 Å². The summed E-state index contributed by atoms with van der Waals surface area (Å²) in [7, 11) is 0. The Kier molecular flexibility index (Phi) is 5.96. The smallest absolute Gasteiger partial charge is 0.328 e. The molecule has 1 aromatic carbocycles. The van der Waals surface area contributed by atoms with Gasteiger partial charge >= 0.3 is 5.97 Å². The van der Waals surface area contributed by atoms with Crippen molar-refractivity contribution in [2.45, 2.75) is 19.5 Å². The van der Waals surface area contributed by atoms with Crippen molar-refractivity contribution in [2.24, 2.45) is 0 Å². The Bertz CT molecular complexity index is 511. The van der Waals surface area contributed by atoms with Crippen LogP contribution < -0.4 is 10.6 Å². The van der Waals surface area contributed by atoms with E-state index in [9.17, 15) is 14.4 Å². The maximum absolute atomic E-state index is 11.7. The number of amides is 2. The lowest BCUT2D eigenvalue weighted by Crippen LogP contribution is -2.44. The summed E-state index contributed by atoms with van der Waals surface area (Å²) in [6.07, 6.45) is 1.58. The molecule has 0 spiro atoms. The fraction of sp³-hybridized carbons (Fsp3) is 0.214. The average Bonchev–Trinajstić information content (AvgIpc) is 2.43. The Labute approximate surface area is 116 Å². The standard InChI is InChI=1S/C14H16N2O4/c1-10(16-12(17)7-8-13(18)19)14(20)15-9-11-5-3-2-4-6-11/h2-8,10H,9H2,1H3,(H,15,20)(H,16,17)(H,18,19)/t10-/m1/s1. The summed E-state index contributed by atoms with van der Waals surface area (Å²) >= 11 is 0. The first-order valence-corrected chi connectivity index (χ1v) is 6.02. The summed E-state index contributed by atoms with van der Waals surface area (Å²) in [6.45, 7) is 1.89. The zero-order valence-corrected chi connectivity index (χ0v) is 11.0. The molecular weight excluding hydrogens is 260 g/mol. The van der Waals surface area contributed by atoms with Crippen LogP contribution >= 0.6 is 0 Å². The molecule has 6 heteroatoms. The molecule has 1 atom stereocenters. The average molecular weight is 276 g/mol. The number of benzene rings is 1. The van der Waals surface area contributed by atoms with Gasteiger partial charge in [0.05, 0.1) is 0 Å². The zero-order valence-electron chi connectivity index (χ0n) is 11.0. The van der Waals surface area contributed by atoms with Gasteiger partial charge in [0.15, 0.2) is 0 Å². The first-order valence-electron chi connectivity index (χ1n) is 6.02. The van der Waals surface area contributed by atoms with Crippen LogP contribution in [0.25, 0.3) is 0 Å². The Morgan fingerprint density at radius 1 is 1.20 bits per heavy atom. The molecule has 0 unspecified atom stereocenters. The van der Waals surface area contributed by atoms with Crippen LogP contribution in [0.15, 0.2) is 42.5 Å². The normalized spacial score (nSPS) is 11.8. The summed E-state index contributed by atoms with van der Waals surface area (Å²) in [6, 6.07) is 8.61. The Hall–Kier alpha value is -2.63. The number of hydrogen-bond acceptors (Lipinski definition) is 3. The van der Waals surface area contributed by atoms with Gasteiger partial charge in [-0.1, -0.05) is 30.3 Å². The van der Waals surface area contributed by atoms with Crippen LogP contribution in [0.1, 0.15) is 12.5 Å². The summed E-state index contributed by atoms with van der Waals surface area (Å²) in [4.78, 5) is 33.3. The van der Waals surface area contributed by atoms with Crippen LogP contribution in [-0.4, -0.2) is 28.9 Å². The Balaban J connectivity index is 2.39. The largest absolute Gasteiger partial charge is 0.478 e. The quantitative estimate of drug-likeness (QED) is 0.657. The van der Waals surface area contributed by atoms with Crippen molar-refractivity contribution in [1.29, 1.82) is 0 Å². The van der Waals surface area contributed by atoms with Crippen LogP contribution in [0.3, 0.4) is 0 Å². The molecule has 0 heterocycles. The van der Waals surface area contributed by atoms with Gasteiger partial charge in [-0.3, -0.25) is 9.59 Å². The van der Waals surface area contributed by atoms with Gasteiger partial charge in [0.2, 0.25) is 11.8 Å². The number of carboxylic acid groups (broad SMARTS) is 1. The molecule has 0 saturated carbocycles. The van der Waals surface area contributed by atoms with E-state index in [4.69, 9.17) is 5.11 Å². The van der Waals surface area contributed by atoms with Gasteiger partial charge in [0.1, 0.15) is 6.04 Å². The van der Waals surface area contributed by atoms with E-state index in [0.717, 1.165) is 11.6 Å². The zero-order chi connectivity index (χ0) is 15.0. The van der Waals surface area contributed by atoms with Gasteiger partial charge < -0.3 is 15.7 Å². The number of rotatable bonds is 6. The summed E-state index contributed by atoms with van der Waals surface area (Å²) in [5.74, 6) is -2.19. The topological polar surface area (TPSA) is 95.5 Å². The van der Waals surface area contributed by atoms with Crippen LogP contribution in [-0.2, 0) is 20.9 Å². The first-order chi connectivity index (χ1) is 9.49. The van der Waals surface area contributed by atoms with Crippen molar-refractivity contribution in [3.05, 3.63) is 48.0 Å². The molecule has 106 valence electrons. The SMILES string of the molecule is C[C@@H](NC(=O)C=CC(=O)O)C(=O)NCc1ccccc1. The van der Waals surface area contributed by atoms with Gasteiger partial charge in [-0.05, 0) is 12.5 Å². The molecule has 3 N–H and O–H groups in total. The number of carbonyl (C=O) groups excluding carboxylic acids is 2. The second-order valence-corrected chi connectivity index (χ2v) is 4.11. The number of carbonyl (C=O) groups is 3. The first kappa shape index (κ1) is 15.4. The lowest BCUT2D eigenvalue weighted by Gasteiger charge is -2.12. The molecule has 2 amide bonds. The van der Waals surface area contributed by atoms with E-state index < -0.39 is 17.9 Å². The van der Waals surface area contributed by atoms with Crippen LogP contribution in [0.5, 0.6) is 0 Å². The summed E-state index contributed by atoms with van der Waals surface area (Å²) in [5, 5.41) is 13.4. The highest BCUT2D eigenvalue weighted by molar-refractivity contribution is 5.96. The van der Waals surface area contributed by atoms with Crippen LogP contribution in [0.2, 0.25) is 0 Å². The third-order valence-electron chi connectivity index (χ3n) is 2.44. The number of aliphatic carboxylic acids is 1. The van der Waals surface area contributed by atoms with E-state index in [1.54, 1.807) is 0 Å². The molecule has 20 heavy (non-hydrogen) atoms. The van der Waals surface area contributed by atoms with Gasteiger partial charge in [-0.25, -0.2) is 4.79 Å². The van der Waals surface area contributed by atoms with Crippen LogP contribution in [0, 0.1) is 0 Å². The molecule has 0 aliphatic carbocycles. The molecule has 0 aromatic heterocycles. The van der Waals surface area contributed by atoms with Crippen molar-refractivity contribution < 1.29 is 19.5 Å². The van der Waals surface area contributed by atoms with E-state index in [-0.39, 0.29) is 5.91 Å². The maximum Gasteiger partial charge on any atom is 0.328 e. The molecule has 0 aliphatic heterocycles. The van der Waals surface area contributed by atoms with Crippen molar-refractivity contribution in [3.8, 4) is 0 Å². The van der Waals surface area contributed by atoms with Crippen LogP contribution in [0.4, 0.5) is 0 Å². The molecule has 1 rings (SSSR count). The van der Waals surface area contributed by atoms with E-state index in [1.807, 2.05) is 30.3 Å². The van der Waals surface area contributed by atoms with Crippen molar-refractivity contribution in [2.75, 3.05) is 0 Å². The van der Waals surface area contributed by atoms with Gasteiger partial charge in [0, 0.05) is 18.7 Å². The Morgan fingerprint density at radius 3 is 2.45 bits per heavy atom. The van der Waals surface area contributed by atoms with E-state index in [2.05, 4.69) is 10.6 Å². The minimum Gasteiger partial charge on any atom is -0.478 e. The summed E-state index contributed by atoms with van der Waals surface area (Å²) in [5.41, 5.74) is 0.949. The van der Waals surface area contributed by atoms with Gasteiger partial charge in [0.25, 0.3) is 0 Å². The van der Waals surface area contributed by atoms with E-state index in [1.165, 1.54) is 6.92 Å². The Morgan fingerprint density at radius 2 is 1.85 bits per heavy atom. The van der Waals surface area contributed by atoms with E-state index >= 15 is 0 Å². The third-order valence-corrected chi connectivity index (χ3v) is 2.44. The summed E-state index contributed by atoms with van der Waals surface area (Å²) < 4.78 is 0. The highest BCUT2D eigenvalue weighted by Crippen LogP contribution is 1.97. The second kappa shape index (κ2) is 7.73. The highest BCUT2D eigenvalue weighted by atomic mass is 16.4. The lowest BCUT2D eigenvalue weighted by atomic mass is 10.2. The van der Waals surface area contributed by atoms with Gasteiger partial charge in [-0.2, -0.15) is 0 Å². The minimum atomic E-state index is -1.22. The molecule has 0 bridgehead atoms. The molecule has 0 radical (unpaired) electrons. The fourth-order valence-electron chi connectivity index (χ4n) is 1.41. The third kappa shape index (κ3) is 5.81. The fourth-order valence-corrected chi connectivity index (χ4v) is 1.41. The van der Waals surface area contributed by atoms with E-state index in [0.29, 0.717) is 12.6 Å². The molecule has 6 nitrogen and oxygen atoms in total. The molecule has 0 fully saturated rings. The molecule has 1 aromatic rings. The number of carboxylic acids is 1. The van der Waals surface area contributed by atoms with Crippen molar-refractivity contribution in [1.82, 2.24) is 10.6 Å². The number of nitrogens with one attached hydrogen (secondary N) is 2. The second-order valence-electron chi connectivity index (χ2n) is 4.11. The van der Waals surface area contributed by atoms with Crippen molar-refractivity contribution >= 4 is 17.8 Å². The molecular formula is C14H16N2O4. The molecule has 0 aliphatic rings.